The van der Waals surface area contributed by atoms with Crippen molar-refractivity contribution in [3.63, 3.8) is 0 Å². The molecule has 1 aliphatic carbocycles. The van der Waals surface area contributed by atoms with Gasteiger partial charge in [0.2, 0.25) is 0 Å². The van der Waals surface area contributed by atoms with Crippen molar-refractivity contribution in [2.24, 2.45) is 10.9 Å². The number of allylic oxidation sites excluding steroid dienone is 1. The number of aliphatic hydroxyl groups excluding tert-OH is 2. The second kappa shape index (κ2) is 9.77. The molecule has 4 N–H and O–H groups in total. The maximum absolute atomic E-state index is 12.0. The number of thiazole rings is 1. The van der Waals surface area contributed by atoms with Crippen molar-refractivity contribution in [1.82, 2.24) is 15.3 Å². The van der Waals surface area contributed by atoms with Crippen LogP contribution in [0.15, 0.2) is 27.6 Å². The lowest BCUT2D eigenvalue weighted by Gasteiger charge is -2.18. The average molecular weight is 393 g/mol. The molecule has 2 unspecified atom stereocenters. The number of nitrogens with one attached hydrogen (secondary N) is 2. The molecule has 2 aromatic rings. The fourth-order valence-corrected chi connectivity index (χ4v) is 4.46. The molecule has 1 aliphatic rings. The highest BCUT2D eigenvalue weighted by Crippen LogP contribution is 2.30. The standard InChI is InChI=1S/C18H24N4O2S.CH4O/c1-10(2)14(16(19-3)21-12-5-4-11(8-12)9-23)18-22-15-13(25-18)6-7-20-17(15)24;1-2/h6-7,11-12,23H,4-5,8-9H2,1-3H3,(H,19,21)(H,20,24);2H,1H3. The molecule has 0 amide bonds. The van der Waals surface area contributed by atoms with Gasteiger partial charge in [-0.25, -0.2) is 4.98 Å². The van der Waals surface area contributed by atoms with Gasteiger partial charge in [0.25, 0.3) is 5.56 Å². The summed E-state index contributed by atoms with van der Waals surface area (Å²) in [4.78, 5) is 23.7. The Kier molecular flexibility index (Phi) is 7.70. The summed E-state index contributed by atoms with van der Waals surface area (Å²) >= 11 is 1.50. The molecule has 2 aromatic heterocycles. The normalized spacial score (nSPS) is 19.6. The lowest BCUT2D eigenvalue weighted by Crippen LogP contribution is -2.34. The second-order valence-electron chi connectivity index (χ2n) is 6.69. The zero-order valence-electron chi connectivity index (χ0n) is 16.2. The van der Waals surface area contributed by atoms with E-state index in [1.165, 1.54) is 11.3 Å². The summed E-state index contributed by atoms with van der Waals surface area (Å²) in [6.07, 6.45) is 4.66. The summed E-state index contributed by atoms with van der Waals surface area (Å²) in [6, 6.07) is 2.18. The van der Waals surface area contributed by atoms with E-state index in [0.717, 1.165) is 53.1 Å². The number of aromatic nitrogens is 2. The van der Waals surface area contributed by atoms with Crippen LogP contribution in [0.25, 0.3) is 15.8 Å². The first-order chi connectivity index (χ1) is 13.0. The first-order valence-corrected chi connectivity index (χ1v) is 9.80. The summed E-state index contributed by atoms with van der Waals surface area (Å²) in [6.45, 7) is 4.31. The molecule has 0 saturated heterocycles. The van der Waals surface area contributed by atoms with E-state index in [1.807, 2.05) is 19.9 Å². The number of pyridine rings is 1. The number of aliphatic hydroxyl groups is 2. The molecule has 7 nitrogen and oxygen atoms in total. The number of hydrogen-bond donors (Lipinski definition) is 4. The zero-order valence-corrected chi connectivity index (χ0v) is 17.1. The second-order valence-corrected chi connectivity index (χ2v) is 7.72. The lowest BCUT2D eigenvalue weighted by atomic mass is 10.1. The van der Waals surface area contributed by atoms with E-state index >= 15 is 0 Å². The summed E-state index contributed by atoms with van der Waals surface area (Å²) in [5.41, 5.74) is 2.35. The number of aromatic amines is 1. The minimum atomic E-state index is -0.169. The number of H-pyrrole nitrogens is 1. The highest BCUT2D eigenvalue weighted by molar-refractivity contribution is 7.19. The molecule has 8 heteroatoms. The van der Waals surface area contributed by atoms with Crippen LogP contribution in [0.3, 0.4) is 0 Å². The third-order valence-corrected chi connectivity index (χ3v) is 5.67. The summed E-state index contributed by atoms with van der Waals surface area (Å²) in [5, 5.41) is 20.7. The van der Waals surface area contributed by atoms with Gasteiger partial charge in [-0.05, 0) is 45.1 Å². The van der Waals surface area contributed by atoms with Crippen molar-refractivity contribution in [3.8, 4) is 0 Å². The third kappa shape index (κ3) is 4.82. The number of nitrogens with zero attached hydrogens (tertiary/aromatic N) is 2. The maximum Gasteiger partial charge on any atom is 0.275 e. The molecule has 1 fully saturated rings. The van der Waals surface area contributed by atoms with E-state index in [4.69, 9.17) is 5.11 Å². The molecule has 0 aliphatic heterocycles. The molecule has 0 spiro atoms. The van der Waals surface area contributed by atoms with Crippen LogP contribution in [-0.4, -0.2) is 52.8 Å². The van der Waals surface area contributed by atoms with Crippen LogP contribution in [0, 0.1) is 5.92 Å². The SMILES string of the molecule is CN=C(NC1CCC(CO)C1)C(=C(C)C)c1nc2c(=O)[nH]ccc2s1.CO. The maximum atomic E-state index is 12.0. The number of aliphatic imine (C=N–C) groups is 1. The van der Waals surface area contributed by atoms with Gasteiger partial charge in [0, 0.05) is 33.0 Å². The number of amidine groups is 1. The largest absolute Gasteiger partial charge is 0.400 e. The molecule has 148 valence electrons. The van der Waals surface area contributed by atoms with Crippen LogP contribution < -0.4 is 10.9 Å². The molecule has 0 bridgehead atoms. The number of rotatable bonds is 4. The third-order valence-electron chi connectivity index (χ3n) is 4.63. The Morgan fingerprint density at radius 1 is 1.41 bits per heavy atom. The van der Waals surface area contributed by atoms with Crippen molar-refractivity contribution < 1.29 is 10.2 Å². The van der Waals surface area contributed by atoms with Crippen LogP contribution in [0.1, 0.15) is 38.1 Å². The highest BCUT2D eigenvalue weighted by atomic mass is 32.1. The van der Waals surface area contributed by atoms with E-state index in [1.54, 1.807) is 13.2 Å². The number of hydrogen-bond acceptors (Lipinski definition) is 6. The van der Waals surface area contributed by atoms with Crippen molar-refractivity contribution >= 4 is 33.0 Å². The van der Waals surface area contributed by atoms with Gasteiger partial charge in [0.1, 0.15) is 16.4 Å². The van der Waals surface area contributed by atoms with Crippen LogP contribution in [0.2, 0.25) is 0 Å². The lowest BCUT2D eigenvalue weighted by molar-refractivity contribution is 0.228. The Morgan fingerprint density at radius 3 is 2.70 bits per heavy atom. The Hall–Kier alpha value is -2.03. The van der Waals surface area contributed by atoms with Crippen molar-refractivity contribution in [2.75, 3.05) is 20.8 Å². The smallest absolute Gasteiger partial charge is 0.275 e. The molecule has 0 aromatic carbocycles. The highest BCUT2D eigenvalue weighted by Gasteiger charge is 2.26. The zero-order chi connectivity index (χ0) is 20.0. The first-order valence-electron chi connectivity index (χ1n) is 8.98. The Labute approximate surface area is 162 Å². The molecule has 27 heavy (non-hydrogen) atoms. The fraction of sp³-hybridized carbons (Fsp3) is 0.526. The predicted octanol–water partition coefficient (Wildman–Crippen LogP) is 2.17. The summed E-state index contributed by atoms with van der Waals surface area (Å²) < 4.78 is 0.870. The minimum Gasteiger partial charge on any atom is -0.400 e. The molecule has 2 heterocycles. The van der Waals surface area contributed by atoms with Gasteiger partial charge in [-0.15, -0.1) is 11.3 Å². The van der Waals surface area contributed by atoms with Gasteiger partial charge in [-0.3, -0.25) is 9.79 Å². The van der Waals surface area contributed by atoms with Gasteiger partial charge in [-0.1, -0.05) is 5.57 Å². The van der Waals surface area contributed by atoms with Gasteiger partial charge < -0.3 is 20.5 Å². The predicted molar refractivity (Wildman–Crippen MR) is 111 cm³/mol. The van der Waals surface area contributed by atoms with E-state index < -0.39 is 0 Å². The first kappa shape index (κ1) is 21.3. The van der Waals surface area contributed by atoms with Gasteiger partial charge >= 0.3 is 0 Å². The minimum absolute atomic E-state index is 0.169. The molecular formula is C19H28N4O3S. The monoisotopic (exact) mass is 392 g/mol. The van der Waals surface area contributed by atoms with Crippen LogP contribution >= 0.6 is 11.3 Å². The van der Waals surface area contributed by atoms with Crippen molar-refractivity contribution in [1.29, 1.82) is 0 Å². The molecule has 0 radical (unpaired) electrons. The Morgan fingerprint density at radius 2 is 2.15 bits per heavy atom. The van der Waals surface area contributed by atoms with Crippen LogP contribution in [-0.2, 0) is 0 Å². The molecule has 3 rings (SSSR count). The van der Waals surface area contributed by atoms with E-state index in [0.29, 0.717) is 17.5 Å². The van der Waals surface area contributed by atoms with Crippen LogP contribution in [0.5, 0.6) is 0 Å². The quantitative estimate of drug-likeness (QED) is 0.471. The van der Waals surface area contributed by atoms with Crippen molar-refractivity contribution in [2.45, 2.75) is 39.2 Å². The number of fused-ring (bicyclic) bond motifs is 1. The molecule has 2 atom stereocenters. The summed E-state index contributed by atoms with van der Waals surface area (Å²) in [5.74, 6) is 1.17. The Balaban J connectivity index is 0.00000126. The Bertz CT molecular complexity index is 880. The molecule has 1 saturated carbocycles. The van der Waals surface area contributed by atoms with Gasteiger partial charge in [-0.2, -0.15) is 0 Å². The fourth-order valence-electron chi connectivity index (χ4n) is 3.34. The van der Waals surface area contributed by atoms with Gasteiger partial charge in [0.15, 0.2) is 0 Å². The topological polar surface area (TPSA) is 111 Å². The average Bonchev–Trinajstić information content (AvgIpc) is 3.30. The van der Waals surface area contributed by atoms with E-state index in [2.05, 4.69) is 20.3 Å². The molecular weight excluding hydrogens is 364 g/mol. The van der Waals surface area contributed by atoms with Crippen molar-refractivity contribution in [3.05, 3.63) is 33.2 Å². The van der Waals surface area contributed by atoms with E-state index in [-0.39, 0.29) is 12.2 Å². The van der Waals surface area contributed by atoms with Crippen LogP contribution in [0.4, 0.5) is 0 Å². The summed E-state index contributed by atoms with van der Waals surface area (Å²) in [7, 11) is 2.77. The van der Waals surface area contributed by atoms with E-state index in [9.17, 15) is 9.90 Å². The van der Waals surface area contributed by atoms with Gasteiger partial charge in [0.05, 0.1) is 10.3 Å².